The minimum Gasteiger partial charge on any atom is -0.455 e. The van der Waals surface area contributed by atoms with Crippen LogP contribution in [-0.4, -0.2) is 0 Å². The summed E-state index contributed by atoms with van der Waals surface area (Å²) in [5.41, 5.74) is 6.98. The van der Waals surface area contributed by atoms with E-state index in [2.05, 4.69) is 158 Å². The molecule has 0 saturated heterocycles. The zero-order valence-corrected chi connectivity index (χ0v) is 26.6. The van der Waals surface area contributed by atoms with Gasteiger partial charge in [0, 0.05) is 36.5 Å². The molecule has 9 aromatic carbocycles. The minimum absolute atomic E-state index is 0.923. The molecule has 11 rings (SSSR count). The minimum atomic E-state index is 0.923. The van der Waals surface area contributed by atoms with Crippen LogP contribution >= 0.6 is 11.3 Å². The topological polar surface area (TPSA) is 13.1 Å². The van der Waals surface area contributed by atoms with E-state index in [0.29, 0.717) is 0 Å². The second-order valence-electron chi connectivity index (χ2n) is 12.8. The van der Waals surface area contributed by atoms with Gasteiger partial charge in [0.05, 0.1) is 0 Å². The first kappa shape index (κ1) is 26.1. The van der Waals surface area contributed by atoms with Gasteiger partial charge in [-0.2, -0.15) is 0 Å². The van der Waals surface area contributed by atoms with Crippen LogP contribution in [0.3, 0.4) is 0 Å². The Morgan fingerprint density at radius 3 is 1.62 bits per heavy atom. The summed E-state index contributed by atoms with van der Waals surface area (Å²) in [6, 6.07) is 57.7. The van der Waals surface area contributed by atoms with Crippen LogP contribution in [0.4, 0.5) is 0 Å². The summed E-state index contributed by atoms with van der Waals surface area (Å²) >= 11 is 1.88. The summed E-state index contributed by atoms with van der Waals surface area (Å²) in [5.74, 6) is 0. The molecule has 0 aliphatic heterocycles. The van der Waals surface area contributed by atoms with Crippen LogP contribution in [0.2, 0.25) is 0 Å². The summed E-state index contributed by atoms with van der Waals surface area (Å²) in [6.45, 7) is 0. The monoisotopic (exact) mass is 626 g/mol. The van der Waals surface area contributed by atoms with Gasteiger partial charge in [-0.05, 0) is 84.0 Å². The van der Waals surface area contributed by atoms with E-state index in [1.165, 1.54) is 85.5 Å². The number of para-hydroxylation sites is 1. The highest BCUT2D eigenvalue weighted by Gasteiger charge is 2.24. The quantitative estimate of drug-likeness (QED) is 0.174. The maximum Gasteiger partial charge on any atom is 0.144 e. The van der Waals surface area contributed by atoms with Crippen molar-refractivity contribution >= 4 is 96.5 Å². The Morgan fingerprint density at radius 2 is 0.917 bits per heavy atom. The van der Waals surface area contributed by atoms with Crippen molar-refractivity contribution < 1.29 is 4.42 Å². The molecule has 2 heteroatoms. The molecule has 0 unspecified atom stereocenters. The van der Waals surface area contributed by atoms with Gasteiger partial charge in [0.25, 0.3) is 0 Å². The molecule has 1 nitrogen and oxygen atoms in total. The lowest BCUT2D eigenvalue weighted by molar-refractivity contribution is 0.673. The van der Waals surface area contributed by atoms with Crippen molar-refractivity contribution in [3.8, 4) is 22.3 Å². The van der Waals surface area contributed by atoms with Crippen molar-refractivity contribution in [2.45, 2.75) is 0 Å². The molecule has 11 aromatic rings. The van der Waals surface area contributed by atoms with Crippen molar-refractivity contribution in [2.75, 3.05) is 0 Å². The summed E-state index contributed by atoms with van der Waals surface area (Å²) in [4.78, 5) is 0. The van der Waals surface area contributed by atoms with E-state index in [1.54, 1.807) is 0 Å². The second kappa shape index (κ2) is 9.78. The van der Waals surface area contributed by atoms with Gasteiger partial charge in [0.2, 0.25) is 0 Å². The van der Waals surface area contributed by atoms with E-state index in [1.807, 2.05) is 11.3 Å². The van der Waals surface area contributed by atoms with Gasteiger partial charge in [0.1, 0.15) is 11.2 Å². The SMILES string of the molecule is c1ccc2cc3c(cc2c1)sc1c(-c2c4ccccc4c(-c4cccc5ccccc45)c4ccccc24)cc2c4ccccc4oc2c13. The summed E-state index contributed by atoms with van der Waals surface area (Å²) in [6.07, 6.45) is 0. The van der Waals surface area contributed by atoms with E-state index in [9.17, 15) is 0 Å². The van der Waals surface area contributed by atoms with E-state index >= 15 is 0 Å². The molecule has 0 saturated carbocycles. The van der Waals surface area contributed by atoms with Crippen molar-refractivity contribution in [3.63, 3.8) is 0 Å². The van der Waals surface area contributed by atoms with Gasteiger partial charge in [0.15, 0.2) is 0 Å². The Labute approximate surface area is 279 Å². The Hall–Kier alpha value is -5.96. The third kappa shape index (κ3) is 3.55. The maximum absolute atomic E-state index is 6.73. The molecule has 0 aliphatic rings. The fourth-order valence-corrected chi connectivity index (χ4v) is 9.39. The van der Waals surface area contributed by atoms with Crippen LogP contribution in [0, 0.1) is 0 Å². The van der Waals surface area contributed by atoms with Crippen molar-refractivity contribution in [2.24, 2.45) is 0 Å². The van der Waals surface area contributed by atoms with E-state index < -0.39 is 0 Å². The highest BCUT2D eigenvalue weighted by Crippen LogP contribution is 2.52. The molecule has 0 spiro atoms. The first-order valence-corrected chi connectivity index (χ1v) is 17.2. The first-order chi connectivity index (χ1) is 23.8. The number of rotatable bonds is 2. The van der Waals surface area contributed by atoms with Crippen molar-refractivity contribution in [1.82, 2.24) is 0 Å². The van der Waals surface area contributed by atoms with E-state index in [4.69, 9.17) is 4.42 Å². The number of hydrogen-bond donors (Lipinski definition) is 0. The fourth-order valence-electron chi connectivity index (χ4n) is 8.14. The molecule has 0 fully saturated rings. The number of furan rings is 1. The Kier molecular flexibility index (Phi) is 5.32. The van der Waals surface area contributed by atoms with Crippen LogP contribution in [0.15, 0.2) is 162 Å². The molecule has 0 radical (unpaired) electrons. The Morgan fingerprint density at radius 1 is 0.375 bits per heavy atom. The maximum atomic E-state index is 6.73. The lowest BCUT2D eigenvalue weighted by Gasteiger charge is -2.19. The molecule has 222 valence electrons. The molecule has 0 N–H and O–H groups in total. The highest BCUT2D eigenvalue weighted by atomic mass is 32.1. The van der Waals surface area contributed by atoms with Gasteiger partial charge >= 0.3 is 0 Å². The van der Waals surface area contributed by atoms with Crippen LogP contribution in [0.25, 0.3) is 107 Å². The summed E-state index contributed by atoms with van der Waals surface area (Å²) in [7, 11) is 0. The van der Waals surface area contributed by atoms with Crippen LogP contribution in [0.1, 0.15) is 0 Å². The van der Waals surface area contributed by atoms with E-state index in [0.717, 1.165) is 21.9 Å². The van der Waals surface area contributed by atoms with Gasteiger partial charge in [-0.25, -0.2) is 0 Å². The van der Waals surface area contributed by atoms with Crippen LogP contribution in [-0.2, 0) is 0 Å². The average Bonchev–Trinajstić information content (AvgIpc) is 3.70. The third-order valence-electron chi connectivity index (χ3n) is 10.2. The lowest BCUT2D eigenvalue weighted by Crippen LogP contribution is -1.92. The number of fused-ring (bicyclic) bond motifs is 11. The average molecular weight is 627 g/mol. The molecule has 0 aliphatic carbocycles. The molecule has 0 atom stereocenters. The van der Waals surface area contributed by atoms with Gasteiger partial charge < -0.3 is 4.42 Å². The fraction of sp³-hybridized carbons (Fsp3) is 0. The summed E-state index contributed by atoms with van der Waals surface area (Å²) < 4.78 is 9.28. The normalized spacial score (nSPS) is 12.2. The van der Waals surface area contributed by atoms with Crippen molar-refractivity contribution in [3.05, 3.63) is 158 Å². The number of hydrogen-bond acceptors (Lipinski definition) is 2. The zero-order valence-electron chi connectivity index (χ0n) is 25.8. The largest absolute Gasteiger partial charge is 0.455 e. The van der Waals surface area contributed by atoms with Gasteiger partial charge in [-0.15, -0.1) is 11.3 Å². The van der Waals surface area contributed by atoms with Crippen molar-refractivity contribution in [1.29, 1.82) is 0 Å². The molecule has 2 heterocycles. The highest BCUT2D eigenvalue weighted by molar-refractivity contribution is 7.26. The molecule has 48 heavy (non-hydrogen) atoms. The van der Waals surface area contributed by atoms with E-state index in [-0.39, 0.29) is 0 Å². The summed E-state index contributed by atoms with van der Waals surface area (Å²) in [5, 5.41) is 14.8. The Bertz CT molecular complexity index is 3060. The molecular formula is C46H26OS. The molecule has 0 bridgehead atoms. The molecule has 2 aromatic heterocycles. The molecule has 0 amide bonds. The first-order valence-electron chi connectivity index (χ1n) is 16.4. The third-order valence-corrected chi connectivity index (χ3v) is 11.4. The van der Waals surface area contributed by atoms with Gasteiger partial charge in [-0.3, -0.25) is 0 Å². The second-order valence-corrected chi connectivity index (χ2v) is 13.8. The number of thiophene rings is 1. The predicted molar refractivity (Wildman–Crippen MR) is 208 cm³/mol. The standard InChI is InChI=1S/C46H26OS/c1-2-14-29-25-41-38(24-28(29)13-1)44-45-37(31-17-9-10-23-40(31)47-45)26-39(46(44)48-41)43-35-20-7-5-18-33(35)42(34-19-6-8-21-36(34)43)32-22-11-15-27-12-3-4-16-30(27)32/h1-26H. The van der Waals surface area contributed by atoms with Crippen LogP contribution in [0.5, 0.6) is 0 Å². The number of benzene rings is 9. The zero-order chi connectivity index (χ0) is 31.3. The lowest BCUT2D eigenvalue weighted by atomic mass is 9.84. The predicted octanol–water partition coefficient (Wildman–Crippen LogP) is 13.9. The smallest absolute Gasteiger partial charge is 0.144 e. The van der Waals surface area contributed by atoms with Crippen LogP contribution < -0.4 is 0 Å². The molecular weight excluding hydrogens is 601 g/mol. The Balaban J connectivity index is 1.36. The van der Waals surface area contributed by atoms with Gasteiger partial charge in [-0.1, -0.05) is 133 Å².